The molecule has 1 rings (SSSR count). The number of hydrogen-bond donors (Lipinski definition) is 1. The van der Waals surface area contributed by atoms with Crippen LogP contribution in [0.3, 0.4) is 0 Å². The first-order chi connectivity index (χ1) is 8.60. The van der Waals surface area contributed by atoms with Crippen LogP contribution in [0.2, 0.25) is 0 Å². The first kappa shape index (κ1) is 15.1. The van der Waals surface area contributed by atoms with Crippen molar-refractivity contribution in [2.75, 3.05) is 13.2 Å². The summed E-state index contributed by atoms with van der Waals surface area (Å²) in [6.45, 7) is 5.18. The van der Waals surface area contributed by atoms with Gasteiger partial charge in [0, 0.05) is 25.2 Å². The highest BCUT2D eigenvalue weighted by molar-refractivity contribution is 5.17. The number of benzene rings is 1. The lowest BCUT2D eigenvalue weighted by Crippen LogP contribution is -2.36. The van der Waals surface area contributed by atoms with Crippen LogP contribution in [0.25, 0.3) is 0 Å². The van der Waals surface area contributed by atoms with E-state index in [0.717, 1.165) is 18.9 Å². The molecule has 4 heteroatoms. The summed E-state index contributed by atoms with van der Waals surface area (Å²) >= 11 is 0. The lowest BCUT2D eigenvalue weighted by atomic mass is 10.1. The first-order valence-corrected chi connectivity index (χ1v) is 6.40. The molecular weight excluding hydrogens is 236 g/mol. The summed E-state index contributed by atoms with van der Waals surface area (Å²) in [6.07, 6.45) is 1.91. The second-order valence-corrected chi connectivity index (χ2v) is 4.44. The van der Waals surface area contributed by atoms with Crippen LogP contribution in [0.1, 0.15) is 32.3 Å². The number of hydrogen-bond acceptors (Lipinski definition) is 2. The number of halogens is 2. The minimum Gasteiger partial charge on any atom is -0.395 e. The Balaban J connectivity index is 2.81. The van der Waals surface area contributed by atoms with E-state index in [1.54, 1.807) is 0 Å². The zero-order valence-corrected chi connectivity index (χ0v) is 11.0. The molecule has 0 spiro atoms. The van der Waals surface area contributed by atoms with Gasteiger partial charge in [-0.2, -0.15) is 0 Å². The zero-order chi connectivity index (χ0) is 13.5. The molecule has 0 aliphatic carbocycles. The maximum Gasteiger partial charge on any atom is 0.126 e. The highest BCUT2D eigenvalue weighted by Crippen LogP contribution is 2.15. The van der Waals surface area contributed by atoms with E-state index < -0.39 is 11.6 Å². The quantitative estimate of drug-likeness (QED) is 0.811. The van der Waals surface area contributed by atoms with Gasteiger partial charge < -0.3 is 5.11 Å². The predicted octanol–water partition coefficient (Wildman–Crippen LogP) is 2.95. The van der Waals surface area contributed by atoms with Gasteiger partial charge in [0.05, 0.1) is 6.61 Å². The van der Waals surface area contributed by atoms with Crippen LogP contribution in [-0.2, 0) is 6.54 Å². The molecule has 0 amide bonds. The third kappa shape index (κ3) is 4.35. The molecule has 0 fully saturated rings. The molecule has 0 aliphatic rings. The summed E-state index contributed by atoms with van der Waals surface area (Å²) in [6, 6.07) is 3.88. The molecule has 0 saturated heterocycles. The molecule has 0 heterocycles. The monoisotopic (exact) mass is 257 g/mol. The van der Waals surface area contributed by atoms with Gasteiger partial charge in [0.15, 0.2) is 0 Å². The van der Waals surface area contributed by atoms with Crippen LogP contribution in [0.4, 0.5) is 8.78 Å². The predicted molar refractivity (Wildman–Crippen MR) is 68.2 cm³/mol. The minimum atomic E-state index is -0.557. The van der Waals surface area contributed by atoms with Crippen LogP contribution < -0.4 is 0 Å². The Labute approximate surface area is 107 Å². The van der Waals surface area contributed by atoms with Crippen LogP contribution in [-0.4, -0.2) is 29.2 Å². The van der Waals surface area contributed by atoms with E-state index in [0.29, 0.717) is 24.7 Å². The highest BCUT2D eigenvalue weighted by Gasteiger charge is 2.15. The van der Waals surface area contributed by atoms with Gasteiger partial charge in [-0.1, -0.05) is 13.8 Å². The Hall–Kier alpha value is -1.00. The van der Waals surface area contributed by atoms with Crippen molar-refractivity contribution in [1.29, 1.82) is 0 Å². The van der Waals surface area contributed by atoms with Crippen molar-refractivity contribution in [3.63, 3.8) is 0 Å². The van der Waals surface area contributed by atoms with Crippen molar-refractivity contribution in [2.45, 2.75) is 39.3 Å². The van der Waals surface area contributed by atoms with Gasteiger partial charge in [-0.15, -0.1) is 0 Å². The number of rotatable bonds is 7. The minimum absolute atomic E-state index is 0.0499. The summed E-state index contributed by atoms with van der Waals surface area (Å²) in [5.41, 5.74) is 0.604. The van der Waals surface area contributed by atoms with Crippen molar-refractivity contribution >= 4 is 0 Å². The van der Waals surface area contributed by atoms with Crippen molar-refractivity contribution in [2.24, 2.45) is 0 Å². The van der Waals surface area contributed by atoms with Gasteiger partial charge in [0.25, 0.3) is 0 Å². The first-order valence-electron chi connectivity index (χ1n) is 6.40. The molecule has 0 aliphatic heterocycles. The smallest absolute Gasteiger partial charge is 0.126 e. The Morgan fingerprint density at radius 1 is 1.11 bits per heavy atom. The second kappa shape index (κ2) is 7.44. The number of aliphatic hydroxyl groups excluding tert-OH is 1. The fourth-order valence-corrected chi connectivity index (χ4v) is 2.26. The molecule has 1 N–H and O–H groups in total. The lowest BCUT2D eigenvalue weighted by Gasteiger charge is -2.29. The summed E-state index contributed by atoms with van der Waals surface area (Å²) in [5.74, 6) is -1.11. The Morgan fingerprint density at radius 3 is 2.11 bits per heavy atom. The molecule has 0 saturated carbocycles. The average Bonchev–Trinajstić information content (AvgIpc) is 2.29. The maximum atomic E-state index is 13.1. The van der Waals surface area contributed by atoms with Gasteiger partial charge >= 0.3 is 0 Å². The molecule has 18 heavy (non-hydrogen) atoms. The molecular formula is C14H21F2NO. The van der Waals surface area contributed by atoms with Crippen molar-refractivity contribution in [3.8, 4) is 0 Å². The van der Waals surface area contributed by atoms with Gasteiger partial charge in [0.2, 0.25) is 0 Å². The van der Waals surface area contributed by atoms with Gasteiger partial charge in [-0.3, -0.25) is 4.90 Å². The molecule has 2 nitrogen and oxygen atoms in total. The van der Waals surface area contributed by atoms with E-state index in [1.807, 2.05) is 0 Å². The average molecular weight is 257 g/mol. The van der Waals surface area contributed by atoms with Crippen molar-refractivity contribution in [1.82, 2.24) is 4.90 Å². The zero-order valence-electron chi connectivity index (χ0n) is 11.0. The second-order valence-electron chi connectivity index (χ2n) is 4.44. The third-order valence-electron chi connectivity index (χ3n) is 3.15. The molecule has 0 bridgehead atoms. The highest BCUT2D eigenvalue weighted by atomic mass is 19.1. The van der Waals surface area contributed by atoms with E-state index in [-0.39, 0.29) is 6.61 Å². The Bertz CT molecular complexity index is 347. The topological polar surface area (TPSA) is 23.5 Å². The lowest BCUT2D eigenvalue weighted by molar-refractivity contribution is 0.136. The van der Waals surface area contributed by atoms with E-state index in [4.69, 9.17) is 5.11 Å². The molecule has 102 valence electrons. The van der Waals surface area contributed by atoms with E-state index in [9.17, 15) is 8.78 Å². The van der Waals surface area contributed by atoms with E-state index in [2.05, 4.69) is 18.7 Å². The Morgan fingerprint density at radius 2 is 1.67 bits per heavy atom. The number of aliphatic hydroxyl groups is 1. The van der Waals surface area contributed by atoms with Crippen molar-refractivity contribution < 1.29 is 13.9 Å². The summed E-state index contributed by atoms with van der Waals surface area (Å²) in [5, 5.41) is 9.07. The molecule has 1 aromatic carbocycles. The molecule has 0 radical (unpaired) electrons. The summed E-state index contributed by atoms with van der Waals surface area (Å²) < 4.78 is 26.2. The van der Waals surface area contributed by atoms with Crippen LogP contribution >= 0.6 is 0 Å². The van der Waals surface area contributed by atoms with Gasteiger partial charge in [-0.25, -0.2) is 8.78 Å². The SMILES string of the molecule is CCC(CC)N(CCO)Cc1cc(F)cc(F)c1. The normalized spacial score (nSPS) is 11.5. The summed E-state index contributed by atoms with van der Waals surface area (Å²) in [4.78, 5) is 2.06. The third-order valence-corrected chi connectivity index (χ3v) is 3.15. The van der Waals surface area contributed by atoms with Crippen LogP contribution in [0.5, 0.6) is 0 Å². The maximum absolute atomic E-state index is 13.1. The largest absolute Gasteiger partial charge is 0.395 e. The van der Waals surface area contributed by atoms with Gasteiger partial charge in [0.1, 0.15) is 11.6 Å². The van der Waals surface area contributed by atoms with Crippen LogP contribution in [0.15, 0.2) is 18.2 Å². The molecule has 0 unspecified atom stereocenters. The number of nitrogens with zero attached hydrogens (tertiary/aromatic N) is 1. The Kier molecular flexibility index (Phi) is 6.22. The van der Waals surface area contributed by atoms with Crippen LogP contribution in [0, 0.1) is 11.6 Å². The fourth-order valence-electron chi connectivity index (χ4n) is 2.26. The molecule has 0 aromatic heterocycles. The van der Waals surface area contributed by atoms with Gasteiger partial charge in [-0.05, 0) is 30.5 Å². The fraction of sp³-hybridized carbons (Fsp3) is 0.571. The molecule has 0 atom stereocenters. The summed E-state index contributed by atoms with van der Waals surface area (Å²) in [7, 11) is 0. The van der Waals surface area contributed by atoms with Crippen molar-refractivity contribution in [3.05, 3.63) is 35.4 Å². The van der Waals surface area contributed by atoms with E-state index >= 15 is 0 Å². The molecule has 1 aromatic rings. The standard InChI is InChI=1S/C14H21F2NO/c1-3-14(4-2)17(5-6-18)10-11-7-12(15)9-13(16)8-11/h7-9,14,18H,3-6,10H2,1-2H3. The van der Waals surface area contributed by atoms with E-state index in [1.165, 1.54) is 12.1 Å².